The number of piperazine rings is 1. The monoisotopic (exact) mass is 964 g/mol. The number of aryl methyl sites for hydroxylation is 1. The number of benzene rings is 1. The van der Waals surface area contributed by atoms with Gasteiger partial charge >= 0.3 is 0 Å². The number of carbonyl (C=O) groups excluding carboxylic acids is 3. The van der Waals surface area contributed by atoms with E-state index in [0.717, 1.165) is 91.9 Å². The minimum atomic E-state index is -1.07. The van der Waals surface area contributed by atoms with Crippen LogP contribution in [0, 0.1) is 17.6 Å². The Morgan fingerprint density at radius 1 is 0.868 bits per heavy atom. The molecule has 0 spiro atoms. The van der Waals surface area contributed by atoms with E-state index in [1.807, 2.05) is 17.5 Å². The van der Waals surface area contributed by atoms with Crippen molar-refractivity contribution in [1.82, 2.24) is 40.0 Å². The summed E-state index contributed by atoms with van der Waals surface area (Å²) in [6.45, 7) is 6.37. The number of hydrogen-bond acceptors (Lipinski definition) is 14. The molecule has 2 atom stereocenters. The van der Waals surface area contributed by atoms with Crippen molar-refractivity contribution in [3.05, 3.63) is 65.0 Å². The molecule has 8 rings (SSSR count). The summed E-state index contributed by atoms with van der Waals surface area (Å²) in [5.41, 5.74) is 1.38. The number of amides is 3. The molecule has 4 aromatic heterocycles. The van der Waals surface area contributed by atoms with Crippen molar-refractivity contribution in [3.63, 3.8) is 0 Å². The molecule has 368 valence electrons. The Bertz CT molecular complexity index is 2480. The summed E-state index contributed by atoms with van der Waals surface area (Å²) in [6, 6.07) is 6.72. The zero-order valence-electron chi connectivity index (χ0n) is 39.0. The summed E-state index contributed by atoms with van der Waals surface area (Å²) in [4.78, 5) is 51.1. The Labute approximate surface area is 398 Å². The van der Waals surface area contributed by atoms with Gasteiger partial charge in [-0.15, -0.1) is 11.3 Å². The number of nitrogens with one attached hydrogen (secondary N) is 2. The number of carbonyl (C=O) groups is 3. The second-order valence-electron chi connectivity index (χ2n) is 17.6. The summed E-state index contributed by atoms with van der Waals surface area (Å²) in [5.74, 6) is -0.719. The predicted molar refractivity (Wildman–Crippen MR) is 250 cm³/mol. The molecule has 3 amide bonds. The molecule has 1 aromatic carbocycles. The molecule has 3 aliphatic rings. The van der Waals surface area contributed by atoms with Crippen LogP contribution in [0.4, 0.5) is 8.78 Å². The van der Waals surface area contributed by atoms with Crippen LogP contribution in [0.25, 0.3) is 21.1 Å². The Hall–Kier alpha value is -5.41. The van der Waals surface area contributed by atoms with E-state index in [4.69, 9.17) is 28.2 Å². The molecule has 20 heteroatoms. The van der Waals surface area contributed by atoms with Crippen LogP contribution in [0.3, 0.4) is 0 Å². The van der Waals surface area contributed by atoms with Crippen LogP contribution in [-0.2, 0) is 32.7 Å². The number of pyridine rings is 1. The van der Waals surface area contributed by atoms with Crippen LogP contribution < -0.4 is 24.8 Å². The van der Waals surface area contributed by atoms with Crippen molar-refractivity contribution < 1.29 is 51.4 Å². The summed E-state index contributed by atoms with van der Waals surface area (Å²) >= 11 is 1.64. The number of likely N-dealkylation sites (N-methyl/N-ethyl adjacent to an activating group) is 1. The molecule has 1 aliphatic carbocycles. The van der Waals surface area contributed by atoms with Gasteiger partial charge in [0.15, 0.2) is 28.8 Å². The molecular weight excluding hydrogens is 903 g/mol. The minimum Gasteiger partial charge on any atom is -0.489 e. The first kappa shape index (κ1) is 49.0. The third-order valence-corrected chi connectivity index (χ3v) is 14.1. The van der Waals surface area contributed by atoms with Gasteiger partial charge in [-0.05, 0) is 74.3 Å². The largest absolute Gasteiger partial charge is 0.489 e. The average molecular weight is 965 g/mol. The lowest BCUT2D eigenvalue weighted by Crippen LogP contribution is -2.59. The molecule has 68 heavy (non-hydrogen) atoms. The number of ether oxygens (including phenoxy) is 5. The van der Waals surface area contributed by atoms with Gasteiger partial charge in [0.1, 0.15) is 31.1 Å². The number of piperidine rings is 1. The first-order valence-electron chi connectivity index (χ1n) is 23.7. The van der Waals surface area contributed by atoms with E-state index in [1.54, 1.807) is 54.4 Å². The molecule has 2 N–H and O–H groups in total. The molecule has 0 bridgehead atoms. The molecule has 0 unspecified atom stereocenters. The number of halogens is 2. The van der Waals surface area contributed by atoms with Gasteiger partial charge in [-0.1, -0.05) is 19.3 Å². The highest BCUT2D eigenvalue weighted by Gasteiger charge is 2.37. The Morgan fingerprint density at radius 2 is 1.56 bits per heavy atom. The standard InChI is InChI=1S/C48H62F2N8O9S/c1-31(51-2)46(59)53-42(32-7-5-4-6-8-32)47(60)57-16-18-58(19-17-57)48(61)43-44(35-28-36(49)37(50)29-39(35)55(43)3)65-25-23-63-21-20-62-22-24-64-41-27-34(67-54-41)30-56-14-10-33(11-15-56)66-40-9-13-52-38-12-26-68-45(38)40/h9,12-13,26-29,31-33,42,51H,4-8,10-11,14-25,30H2,1-3H3,(H,53,59)/t31-,42-/m0/s1. The third-order valence-electron chi connectivity index (χ3n) is 13.2. The van der Waals surface area contributed by atoms with Crippen LogP contribution >= 0.6 is 11.3 Å². The molecule has 5 aromatic rings. The van der Waals surface area contributed by atoms with Gasteiger partial charge in [-0.25, -0.2) is 8.78 Å². The smallest absolute Gasteiger partial charge is 0.274 e. The van der Waals surface area contributed by atoms with Gasteiger partial charge in [-0.3, -0.25) is 24.3 Å². The number of hydrogen-bond donors (Lipinski definition) is 2. The maximum atomic E-state index is 14.6. The maximum absolute atomic E-state index is 14.6. The van der Waals surface area contributed by atoms with Gasteiger partial charge in [0, 0.05) is 70.0 Å². The molecule has 0 radical (unpaired) electrons. The van der Waals surface area contributed by atoms with Gasteiger partial charge in [0.05, 0.1) is 54.7 Å². The van der Waals surface area contributed by atoms with E-state index in [2.05, 4.69) is 25.7 Å². The van der Waals surface area contributed by atoms with Crippen LogP contribution in [-0.4, -0.2) is 151 Å². The highest BCUT2D eigenvalue weighted by Crippen LogP contribution is 2.36. The normalized spacial score (nSPS) is 17.4. The number of nitrogens with zero attached hydrogens (tertiary/aromatic N) is 6. The van der Waals surface area contributed by atoms with E-state index in [9.17, 15) is 23.2 Å². The average Bonchev–Trinajstić information content (AvgIpc) is 4.10. The maximum Gasteiger partial charge on any atom is 0.274 e. The second kappa shape index (κ2) is 23.3. The fourth-order valence-corrected chi connectivity index (χ4v) is 10.0. The van der Waals surface area contributed by atoms with E-state index in [1.165, 1.54) is 4.57 Å². The van der Waals surface area contributed by atoms with Crippen LogP contribution in [0.2, 0.25) is 0 Å². The molecule has 1 saturated carbocycles. The fourth-order valence-electron chi connectivity index (χ4n) is 9.21. The Balaban J connectivity index is 0.751. The van der Waals surface area contributed by atoms with Crippen LogP contribution in [0.5, 0.6) is 17.4 Å². The van der Waals surface area contributed by atoms with Crippen molar-refractivity contribution in [1.29, 1.82) is 0 Å². The van der Waals surface area contributed by atoms with Crippen LogP contribution in [0.1, 0.15) is 68.1 Å². The lowest BCUT2D eigenvalue weighted by molar-refractivity contribution is -0.140. The Kier molecular flexibility index (Phi) is 16.8. The predicted octanol–water partition coefficient (Wildman–Crippen LogP) is 5.55. The van der Waals surface area contributed by atoms with Crippen molar-refractivity contribution in [2.45, 2.75) is 76.6 Å². The SMILES string of the molecule is CN[C@@H](C)C(=O)N[C@H](C(=O)N1CCN(C(=O)c2c(OCCOCCOCCOc3cc(CN4CCC(Oc5ccnc6ccsc56)CC4)on3)c3cc(F)c(F)cc3n2C)CC1)C1CCCCC1. The molecular formula is C48H62F2N8O9S. The topological polar surface area (TPSA) is 175 Å². The lowest BCUT2D eigenvalue weighted by atomic mass is 9.83. The first-order valence-corrected chi connectivity index (χ1v) is 24.6. The van der Waals surface area contributed by atoms with Crippen molar-refractivity contribution in [3.8, 4) is 17.4 Å². The van der Waals surface area contributed by atoms with E-state index < -0.39 is 29.6 Å². The summed E-state index contributed by atoms with van der Waals surface area (Å²) in [7, 11) is 3.31. The van der Waals surface area contributed by atoms with E-state index in [-0.39, 0.29) is 99.9 Å². The van der Waals surface area contributed by atoms with E-state index >= 15 is 0 Å². The second-order valence-corrected chi connectivity index (χ2v) is 18.5. The zero-order chi connectivity index (χ0) is 47.6. The summed E-state index contributed by atoms with van der Waals surface area (Å²) in [6.07, 6.45) is 8.60. The van der Waals surface area contributed by atoms with Crippen molar-refractivity contribution in [2.75, 3.05) is 86.0 Å². The molecule has 2 saturated heterocycles. The highest BCUT2D eigenvalue weighted by atomic mass is 32.1. The Morgan fingerprint density at radius 3 is 2.29 bits per heavy atom. The minimum absolute atomic E-state index is 0.0227. The zero-order valence-corrected chi connectivity index (χ0v) is 39.8. The van der Waals surface area contributed by atoms with Crippen molar-refractivity contribution >= 4 is 50.2 Å². The van der Waals surface area contributed by atoms with Gasteiger partial charge < -0.3 is 53.2 Å². The number of likely N-dealkylation sites (tertiary alicyclic amines) is 1. The van der Waals surface area contributed by atoms with Crippen LogP contribution in [0.15, 0.2) is 46.4 Å². The molecule has 17 nitrogen and oxygen atoms in total. The number of thiophene rings is 1. The number of rotatable bonds is 21. The molecule has 6 heterocycles. The fraction of sp³-hybridized carbons (Fsp3) is 0.562. The third kappa shape index (κ3) is 11.9. The highest BCUT2D eigenvalue weighted by molar-refractivity contribution is 7.17. The van der Waals surface area contributed by atoms with Gasteiger partial charge in [0.25, 0.3) is 11.8 Å². The number of fused-ring (bicyclic) bond motifs is 2. The van der Waals surface area contributed by atoms with Gasteiger partial charge in [-0.2, -0.15) is 0 Å². The molecule has 3 fully saturated rings. The summed E-state index contributed by atoms with van der Waals surface area (Å²) in [5, 5.41) is 12.3. The first-order chi connectivity index (χ1) is 33.1. The molecule has 2 aliphatic heterocycles. The van der Waals surface area contributed by atoms with E-state index in [0.29, 0.717) is 24.5 Å². The lowest BCUT2D eigenvalue weighted by Gasteiger charge is -2.39. The quantitative estimate of drug-likeness (QED) is 0.0878. The van der Waals surface area contributed by atoms with Gasteiger partial charge in [0.2, 0.25) is 11.8 Å². The number of aromatic nitrogens is 3. The van der Waals surface area contributed by atoms with Crippen molar-refractivity contribution in [2.24, 2.45) is 13.0 Å². The summed E-state index contributed by atoms with van der Waals surface area (Å²) < 4.78 is 66.8.